The molecule has 4 nitrogen and oxygen atoms in total. The summed E-state index contributed by atoms with van der Waals surface area (Å²) in [5, 5.41) is 7.06. The molecule has 2 N–H and O–H groups in total. The fourth-order valence-electron chi connectivity index (χ4n) is 2.74. The van der Waals surface area contributed by atoms with Gasteiger partial charge < -0.3 is 4.74 Å². The molecule has 0 aromatic heterocycles. The molecular formula is C15H17NO3S. The van der Waals surface area contributed by atoms with Gasteiger partial charge in [-0.2, -0.15) is 0 Å². The van der Waals surface area contributed by atoms with Crippen molar-refractivity contribution in [2.45, 2.75) is 36.7 Å². The van der Waals surface area contributed by atoms with Crippen molar-refractivity contribution in [2.24, 2.45) is 5.14 Å². The number of rotatable bonds is 3. The molecule has 0 spiro atoms. The van der Waals surface area contributed by atoms with E-state index in [4.69, 9.17) is 9.88 Å². The van der Waals surface area contributed by atoms with Crippen LogP contribution in [-0.2, 0) is 10.0 Å². The average Bonchev–Trinajstić information content (AvgIpc) is 2.90. The second kappa shape index (κ2) is 5.07. The summed E-state index contributed by atoms with van der Waals surface area (Å²) in [6.45, 7) is 0. The lowest BCUT2D eigenvalue weighted by Gasteiger charge is -2.17. The van der Waals surface area contributed by atoms with Crippen molar-refractivity contribution in [3.05, 3.63) is 36.4 Å². The molecule has 0 saturated heterocycles. The first kappa shape index (κ1) is 13.4. The van der Waals surface area contributed by atoms with Crippen LogP contribution in [0.15, 0.2) is 41.3 Å². The Kier molecular flexibility index (Phi) is 3.40. The number of fused-ring (bicyclic) bond motifs is 1. The summed E-state index contributed by atoms with van der Waals surface area (Å²) in [7, 11) is -3.79. The van der Waals surface area contributed by atoms with Gasteiger partial charge in [0.2, 0.25) is 10.0 Å². The van der Waals surface area contributed by atoms with Crippen LogP contribution in [0.25, 0.3) is 10.8 Å². The first-order valence-electron chi connectivity index (χ1n) is 6.77. The van der Waals surface area contributed by atoms with E-state index in [9.17, 15) is 8.42 Å². The van der Waals surface area contributed by atoms with Gasteiger partial charge in [0, 0.05) is 5.39 Å². The highest BCUT2D eigenvalue weighted by molar-refractivity contribution is 7.89. The quantitative estimate of drug-likeness (QED) is 0.945. The third-order valence-electron chi connectivity index (χ3n) is 3.74. The van der Waals surface area contributed by atoms with Crippen LogP contribution < -0.4 is 9.88 Å². The summed E-state index contributed by atoms with van der Waals surface area (Å²) in [5.41, 5.74) is 0. The highest BCUT2D eigenvalue weighted by Gasteiger charge is 2.23. The lowest BCUT2D eigenvalue weighted by Crippen LogP contribution is -2.17. The van der Waals surface area contributed by atoms with E-state index in [2.05, 4.69) is 0 Å². The zero-order valence-electron chi connectivity index (χ0n) is 11.1. The Morgan fingerprint density at radius 1 is 1.05 bits per heavy atom. The minimum atomic E-state index is -3.79. The number of sulfonamides is 1. The maximum absolute atomic E-state index is 11.8. The fourth-order valence-corrected chi connectivity index (χ4v) is 3.42. The van der Waals surface area contributed by atoms with Gasteiger partial charge in [0.25, 0.3) is 0 Å². The molecule has 2 aromatic rings. The van der Waals surface area contributed by atoms with Crippen molar-refractivity contribution in [3.63, 3.8) is 0 Å². The second-order valence-electron chi connectivity index (χ2n) is 5.18. The number of nitrogens with two attached hydrogens (primary N) is 1. The summed E-state index contributed by atoms with van der Waals surface area (Å²) in [6, 6.07) is 10.9. The predicted octanol–water partition coefficient (Wildman–Crippen LogP) is 2.81. The summed E-state index contributed by atoms with van der Waals surface area (Å²) in [6.07, 6.45) is 4.27. The van der Waals surface area contributed by atoms with Gasteiger partial charge in [0.05, 0.1) is 6.10 Å². The summed E-state index contributed by atoms with van der Waals surface area (Å²) < 4.78 is 29.5. The molecule has 0 bridgehead atoms. The first-order valence-corrected chi connectivity index (χ1v) is 8.31. The van der Waals surface area contributed by atoms with Crippen LogP contribution in [0.5, 0.6) is 5.75 Å². The molecule has 0 radical (unpaired) electrons. The third kappa shape index (κ3) is 2.51. The van der Waals surface area contributed by atoms with Crippen molar-refractivity contribution in [2.75, 3.05) is 0 Å². The van der Waals surface area contributed by atoms with E-state index in [-0.39, 0.29) is 11.0 Å². The van der Waals surface area contributed by atoms with Gasteiger partial charge in [-0.3, -0.25) is 0 Å². The van der Waals surface area contributed by atoms with Crippen LogP contribution in [0.2, 0.25) is 0 Å². The minimum Gasteiger partial charge on any atom is -0.488 e. The summed E-state index contributed by atoms with van der Waals surface area (Å²) >= 11 is 0. The van der Waals surface area contributed by atoms with Crippen LogP contribution in [0, 0.1) is 0 Å². The maximum Gasteiger partial charge on any atom is 0.241 e. The van der Waals surface area contributed by atoms with Crippen LogP contribution in [-0.4, -0.2) is 14.5 Å². The highest BCUT2D eigenvalue weighted by atomic mass is 32.2. The van der Waals surface area contributed by atoms with E-state index < -0.39 is 10.0 Å². The van der Waals surface area contributed by atoms with Gasteiger partial charge in [-0.15, -0.1) is 0 Å². The van der Waals surface area contributed by atoms with Crippen molar-refractivity contribution in [3.8, 4) is 5.75 Å². The molecule has 3 rings (SSSR count). The van der Waals surface area contributed by atoms with Gasteiger partial charge >= 0.3 is 0 Å². The molecular weight excluding hydrogens is 274 g/mol. The van der Waals surface area contributed by atoms with Crippen LogP contribution >= 0.6 is 0 Å². The molecule has 1 aliphatic carbocycles. The van der Waals surface area contributed by atoms with Crippen molar-refractivity contribution >= 4 is 20.8 Å². The number of hydrogen-bond acceptors (Lipinski definition) is 3. The molecule has 0 aliphatic heterocycles. The summed E-state index contributed by atoms with van der Waals surface area (Å²) in [5.74, 6) is 0.400. The second-order valence-corrected chi connectivity index (χ2v) is 6.71. The van der Waals surface area contributed by atoms with E-state index in [1.807, 2.05) is 24.3 Å². The topological polar surface area (TPSA) is 69.4 Å². The highest BCUT2D eigenvalue weighted by Crippen LogP contribution is 2.35. The Morgan fingerprint density at radius 3 is 2.45 bits per heavy atom. The third-order valence-corrected chi connectivity index (χ3v) is 4.67. The molecule has 0 unspecified atom stereocenters. The molecule has 1 aliphatic rings. The Balaban J connectivity index is 2.17. The van der Waals surface area contributed by atoms with Crippen LogP contribution in [0.1, 0.15) is 25.7 Å². The van der Waals surface area contributed by atoms with Gasteiger partial charge in [-0.05, 0) is 37.1 Å². The Labute approximate surface area is 118 Å². The lowest BCUT2D eigenvalue weighted by molar-refractivity contribution is 0.207. The van der Waals surface area contributed by atoms with Crippen molar-refractivity contribution < 1.29 is 13.2 Å². The standard InChI is InChI=1S/C15H17NO3S/c16-20(17,18)14-10-9-11-5-1-4-8-13(11)15(14)19-12-6-2-3-7-12/h1,4-5,8-10,12H,2-3,6-7H2,(H2,16,17,18). The van der Waals surface area contributed by atoms with Gasteiger partial charge in [0.1, 0.15) is 10.6 Å². The van der Waals surface area contributed by atoms with E-state index in [0.717, 1.165) is 36.5 Å². The largest absolute Gasteiger partial charge is 0.488 e. The zero-order valence-corrected chi connectivity index (χ0v) is 11.9. The van der Waals surface area contributed by atoms with E-state index in [1.54, 1.807) is 6.07 Å². The van der Waals surface area contributed by atoms with Gasteiger partial charge in [0.15, 0.2) is 0 Å². The minimum absolute atomic E-state index is 0.0723. The monoisotopic (exact) mass is 291 g/mol. The Bertz CT molecular complexity index is 734. The molecule has 2 aromatic carbocycles. The molecule has 5 heteroatoms. The van der Waals surface area contributed by atoms with E-state index >= 15 is 0 Å². The number of benzene rings is 2. The SMILES string of the molecule is NS(=O)(=O)c1ccc2ccccc2c1OC1CCCC1. The molecule has 0 heterocycles. The Morgan fingerprint density at radius 2 is 1.75 bits per heavy atom. The normalized spacial score (nSPS) is 16.6. The number of primary sulfonamides is 1. The van der Waals surface area contributed by atoms with Crippen molar-refractivity contribution in [1.29, 1.82) is 0 Å². The lowest BCUT2D eigenvalue weighted by atomic mass is 10.1. The van der Waals surface area contributed by atoms with Gasteiger partial charge in [-0.1, -0.05) is 30.3 Å². The fraction of sp³-hybridized carbons (Fsp3) is 0.333. The van der Waals surface area contributed by atoms with Crippen molar-refractivity contribution in [1.82, 2.24) is 0 Å². The van der Waals surface area contributed by atoms with Crippen LogP contribution in [0.3, 0.4) is 0 Å². The summed E-state index contributed by atoms with van der Waals surface area (Å²) in [4.78, 5) is 0.0723. The molecule has 106 valence electrons. The molecule has 1 fully saturated rings. The predicted molar refractivity (Wildman–Crippen MR) is 78.2 cm³/mol. The zero-order chi connectivity index (χ0) is 14.2. The number of hydrogen-bond donors (Lipinski definition) is 1. The molecule has 0 amide bonds. The van der Waals surface area contributed by atoms with E-state index in [0.29, 0.717) is 5.75 Å². The average molecular weight is 291 g/mol. The van der Waals surface area contributed by atoms with Crippen LogP contribution in [0.4, 0.5) is 0 Å². The van der Waals surface area contributed by atoms with Gasteiger partial charge in [-0.25, -0.2) is 13.6 Å². The number of ether oxygens (including phenoxy) is 1. The Hall–Kier alpha value is -1.59. The van der Waals surface area contributed by atoms with E-state index in [1.165, 1.54) is 6.07 Å². The first-order chi connectivity index (χ1) is 9.55. The smallest absolute Gasteiger partial charge is 0.241 e. The maximum atomic E-state index is 11.8. The molecule has 20 heavy (non-hydrogen) atoms. The molecule has 0 atom stereocenters. The molecule has 1 saturated carbocycles.